The molecule has 0 spiro atoms. The lowest BCUT2D eigenvalue weighted by Gasteiger charge is -2.17. The van der Waals surface area contributed by atoms with Crippen LogP contribution in [0.3, 0.4) is 0 Å². The monoisotopic (exact) mass is 247 g/mol. The van der Waals surface area contributed by atoms with Crippen LogP contribution in [0.2, 0.25) is 0 Å². The normalized spacial score (nSPS) is 15.6. The van der Waals surface area contributed by atoms with Crippen molar-refractivity contribution in [3.63, 3.8) is 0 Å². The minimum absolute atomic E-state index is 0.114. The molecule has 0 aliphatic heterocycles. The van der Waals surface area contributed by atoms with Crippen LogP contribution in [-0.2, 0) is 6.18 Å². The van der Waals surface area contributed by atoms with Gasteiger partial charge < -0.3 is 10.8 Å². The van der Waals surface area contributed by atoms with Crippen LogP contribution in [0.15, 0.2) is 24.3 Å². The fourth-order valence-electron chi connectivity index (χ4n) is 1.72. The van der Waals surface area contributed by atoms with Crippen LogP contribution in [-0.4, -0.2) is 17.8 Å². The summed E-state index contributed by atoms with van der Waals surface area (Å²) in [6, 6.07) is 4.92. The van der Waals surface area contributed by atoms with E-state index in [1.54, 1.807) is 6.92 Å². The molecule has 0 aromatic heterocycles. The zero-order chi connectivity index (χ0) is 13.1. The Labute approximate surface area is 98.3 Å². The van der Waals surface area contributed by atoms with Crippen LogP contribution in [0.4, 0.5) is 13.2 Å². The molecule has 1 rings (SSSR count). The molecule has 5 heteroatoms. The van der Waals surface area contributed by atoms with Crippen LogP contribution in [0.1, 0.15) is 30.4 Å². The number of benzene rings is 1. The zero-order valence-electron chi connectivity index (χ0n) is 9.54. The van der Waals surface area contributed by atoms with Crippen molar-refractivity contribution in [2.24, 2.45) is 5.73 Å². The van der Waals surface area contributed by atoms with Gasteiger partial charge in [0.15, 0.2) is 0 Å². The summed E-state index contributed by atoms with van der Waals surface area (Å²) in [4.78, 5) is 0. The molecule has 17 heavy (non-hydrogen) atoms. The van der Waals surface area contributed by atoms with E-state index >= 15 is 0 Å². The summed E-state index contributed by atoms with van der Waals surface area (Å²) in [5.74, 6) is -0.114. The molecule has 1 aromatic rings. The number of rotatable bonds is 4. The summed E-state index contributed by atoms with van der Waals surface area (Å²) in [7, 11) is 0. The van der Waals surface area contributed by atoms with Gasteiger partial charge in [-0.1, -0.05) is 12.1 Å². The summed E-state index contributed by atoms with van der Waals surface area (Å²) in [5, 5.41) is 9.26. The first-order chi connectivity index (χ1) is 7.84. The highest BCUT2D eigenvalue weighted by molar-refractivity contribution is 5.27. The largest absolute Gasteiger partial charge is 0.416 e. The molecule has 0 bridgehead atoms. The Morgan fingerprint density at radius 1 is 1.24 bits per heavy atom. The van der Waals surface area contributed by atoms with Crippen LogP contribution in [0, 0.1) is 0 Å². The second kappa shape index (κ2) is 5.51. The summed E-state index contributed by atoms with van der Waals surface area (Å²) in [6.45, 7) is 1.93. The van der Waals surface area contributed by atoms with Crippen molar-refractivity contribution in [2.45, 2.75) is 31.5 Å². The smallest absolute Gasteiger partial charge is 0.393 e. The lowest BCUT2D eigenvalue weighted by molar-refractivity contribution is -0.137. The van der Waals surface area contributed by atoms with E-state index in [1.807, 2.05) is 0 Å². The minimum Gasteiger partial charge on any atom is -0.393 e. The maximum Gasteiger partial charge on any atom is 0.416 e. The van der Waals surface area contributed by atoms with Crippen LogP contribution < -0.4 is 5.73 Å². The third kappa shape index (κ3) is 4.02. The molecule has 0 saturated heterocycles. The van der Waals surface area contributed by atoms with Gasteiger partial charge in [-0.25, -0.2) is 0 Å². The molecule has 2 unspecified atom stereocenters. The van der Waals surface area contributed by atoms with E-state index in [2.05, 4.69) is 0 Å². The van der Waals surface area contributed by atoms with E-state index in [4.69, 9.17) is 5.73 Å². The van der Waals surface area contributed by atoms with Crippen molar-refractivity contribution in [1.82, 2.24) is 0 Å². The standard InChI is InChI=1S/C12H16F3NO/c1-8(17)6-10(7-16)9-2-4-11(5-3-9)12(13,14)15/h2-5,8,10,17H,6-7,16H2,1H3. The van der Waals surface area contributed by atoms with Gasteiger partial charge in [-0.3, -0.25) is 0 Å². The van der Waals surface area contributed by atoms with Crippen LogP contribution >= 0.6 is 0 Å². The molecule has 1 aromatic carbocycles. The van der Waals surface area contributed by atoms with Gasteiger partial charge in [0.2, 0.25) is 0 Å². The predicted molar refractivity (Wildman–Crippen MR) is 59.5 cm³/mol. The summed E-state index contributed by atoms with van der Waals surface area (Å²) in [5.41, 5.74) is 5.59. The van der Waals surface area contributed by atoms with Gasteiger partial charge in [0.25, 0.3) is 0 Å². The first kappa shape index (κ1) is 14.0. The Morgan fingerprint density at radius 3 is 2.12 bits per heavy atom. The highest BCUT2D eigenvalue weighted by Crippen LogP contribution is 2.30. The molecule has 0 aliphatic rings. The molecule has 2 nitrogen and oxygen atoms in total. The van der Waals surface area contributed by atoms with Gasteiger partial charge >= 0.3 is 6.18 Å². The molecule has 96 valence electrons. The van der Waals surface area contributed by atoms with E-state index in [9.17, 15) is 18.3 Å². The van der Waals surface area contributed by atoms with Crippen molar-refractivity contribution in [1.29, 1.82) is 0 Å². The SMILES string of the molecule is CC(O)CC(CN)c1ccc(C(F)(F)F)cc1. The van der Waals surface area contributed by atoms with E-state index in [-0.39, 0.29) is 5.92 Å². The lowest BCUT2D eigenvalue weighted by Crippen LogP contribution is -2.17. The predicted octanol–water partition coefficient (Wildman–Crippen LogP) is 2.52. The third-order valence-corrected chi connectivity index (χ3v) is 2.62. The van der Waals surface area contributed by atoms with Crippen molar-refractivity contribution < 1.29 is 18.3 Å². The fourth-order valence-corrected chi connectivity index (χ4v) is 1.72. The van der Waals surface area contributed by atoms with Crippen LogP contribution in [0.25, 0.3) is 0 Å². The maximum absolute atomic E-state index is 12.3. The molecule has 0 amide bonds. The first-order valence-corrected chi connectivity index (χ1v) is 5.40. The van der Waals surface area contributed by atoms with Crippen molar-refractivity contribution in [3.8, 4) is 0 Å². The summed E-state index contributed by atoms with van der Waals surface area (Å²) < 4.78 is 37.0. The van der Waals surface area contributed by atoms with Gasteiger partial charge in [-0.2, -0.15) is 13.2 Å². The second-order valence-electron chi connectivity index (χ2n) is 4.14. The molecule has 0 heterocycles. The number of hydrogen-bond donors (Lipinski definition) is 2. The highest BCUT2D eigenvalue weighted by atomic mass is 19.4. The fraction of sp³-hybridized carbons (Fsp3) is 0.500. The number of hydrogen-bond acceptors (Lipinski definition) is 2. The molecule has 0 fully saturated rings. The molecular weight excluding hydrogens is 231 g/mol. The maximum atomic E-state index is 12.3. The molecule has 0 aliphatic carbocycles. The average molecular weight is 247 g/mol. The molecule has 3 N–H and O–H groups in total. The Morgan fingerprint density at radius 2 is 1.76 bits per heavy atom. The van der Waals surface area contributed by atoms with Crippen LogP contribution in [0.5, 0.6) is 0 Å². The number of nitrogens with two attached hydrogens (primary N) is 1. The zero-order valence-corrected chi connectivity index (χ0v) is 9.54. The average Bonchev–Trinajstić information content (AvgIpc) is 2.24. The van der Waals surface area contributed by atoms with E-state index in [1.165, 1.54) is 12.1 Å². The van der Waals surface area contributed by atoms with Crippen molar-refractivity contribution >= 4 is 0 Å². The summed E-state index contributed by atoms with van der Waals surface area (Å²) in [6.07, 6.45) is -4.39. The van der Waals surface area contributed by atoms with Gasteiger partial charge in [0, 0.05) is 0 Å². The van der Waals surface area contributed by atoms with E-state index in [0.29, 0.717) is 13.0 Å². The van der Waals surface area contributed by atoms with Gasteiger partial charge in [-0.05, 0) is 43.5 Å². The van der Waals surface area contributed by atoms with E-state index < -0.39 is 17.8 Å². The molecule has 0 saturated carbocycles. The Kier molecular flexibility index (Phi) is 4.54. The van der Waals surface area contributed by atoms with Gasteiger partial charge in [-0.15, -0.1) is 0 Å². The highest BCUT2D eigenvalue weighted by Gasteiger charge is 2.30. The third-order valence-electron chi connectivity index (χ3n) is 2.62. The number of halogens is 3. The number of alkyl halides is 3. The Hall–Kier alpha value is -1.07. The summed E-state index contributed by atoms with van der Waals surface area (Å²) >= 11 is 0. The quantitative estimate of drug-likeness (QED) is 0.858. The molecule has 2 atom stereocenters. The first-order valence-electron chi connectivity index (χ1n) is 5.40. The Balaban J connectivity index is 2.85. The minimum atomic E-state index is -4.32. The molecule has 0 radical (unpaired) electrons. The van der Waals surface area contributed by atoms with E-state index in [0.717, 1.165) is 17.7 Å². The number of aliphatic hydroxyl groups excluding tert-OH is 1. The second-order valence-corrected chi connectivity index (χ2v) is 4.14. The van der Waals surface area contributed by atoms with Gasteiger partial charge in [0.05, 0.1) is 11.7 Å². The van der Waals surface area contributed by atoms with Crippen molar-refractivity contribution in [3.05, 3.63) is 35.4 Å². The number of aliphatic hydroxyl groups is 1. The molecular formula is C12H16F3NO. The van der Waals surface area contributed by atoms with Crippen molar-refractivity contribution in [2.75, 3.05) is 6.54 Å². The van der Waals surface area contributed by atoms with Gasteiger partial charge in [0.1, 0.15) is 0 Å². The lowest BCUT2D eigenvalue weighted by atomic mass is 9.93. The Bertz CT molecular complexity index is 346. The topological polar surface area (TPSA) is 46.2 Å².